The number of hydrogen-bond donors (Lipinski definition) is 0. The van der Waals surface area contributed by atoms with E-state index in [1.165, 1.54) is 0 Å². The third kappa shape index (κ3) is 3.48. The van der Waals surface area contributed by atoms with Crippen molar-refractivity contribution in [1.29, 1.82) is 0 Å². The lowest BCUT2D eigenvalue weighted by molar-refractivity contribution is 0.0823. The number of benzene rings is 2. The number of methoxy groups -OCH3 is 1. The summed E-state index contributed by atoms with van der Waals surface area (Å²) in [6, 6.07) is 11.6. The largest absolute Gasteiger partial charge is 0.478 e. The first kappa shape index (κ1) is 17.8. The molecule has 0 bridgehead atoms. The molecule has 140 valence electrons. The van der Waals surface area contributed by atoms with E-state index in [2.05, 4.69) is 4.90 Å². The summed E-state index contributed by atoms with van der Waals surface area (Å²) in [5, 5.41) is 0. The Morgan fingerprint density at radius 3 is 2.89 bits per heavy atom. The second-order valence-corrected chi connectivity index (χ2v) is 6.89. The third-order valence-corrected chi connectivity index (χ3v) is 4.98. The maximum atomic E-state index is 12.8. The van der Waals surface area contributed by atoms with Crippen LogP contribution in [0, 0.1) is 6.92 Å². The Morgan fingerprint density at radius 2 is 2.07 bits per heavy atom. The molecule has 0 fully saturated rings. The second-order valence-electron chi connectivity index (χ2n) is 6.89. The fourth-order valence-electron chi connectivity index (χ4n) is 3.47. The van der Waals surface area contributed by atoms with Crippen LogP contribution in [0.2, 0.25) is 0 Å². The molecule has 0 unspecified atom stereocenters. The van der Waals surface area contributed by atoms with E-state index in [1.54, 1.807) is 13.2 Å². The SMILES string of the molecule is COCCCN1COc2ccc3c(c2C1)O/C(=C\c1ccccc1C)C3=O. The van der Waals surface area contributed by atoms with Crippen molar-refractivity contribution in [2.45, 2.75) is 19.9 Å². The van der Waals surface area contributed by atoms with Gasteiger partial charge < -0.3 is 14.2 Å². The average Bonchev–Trinajstić information content (AvgIpc) is 3.00. The summed E-state index contributed by atoms with van der Waals surface area (Å²) in [7, 11) is 1.71. The molecule has 0 aliphatic carbocycles. The number of ketones is 1. The van der Waals surface area contributed by atoms with Crippen molar-refractivity contribution in [2.75, 3.05) is 27.0 Å². The minimum Gasteiger partial charge on any atom is -0.478 e. The van der Waals surface area contributed by atoms with Gasteiger partial charge >= 0.3 is 0 Å². The van der Waals surface area contributed by atoms with E-state index in [1.807, 2.05) is 43.3 Å². The first-order chi connectivity index (χ1) is 13.2. The molecule has 0 aromatic heterocycles. The molecule has 2 aliphatic rings. The molecular weight excluding hydrogens is 342 g/mol. The van der Waals surface area contributed by atoms with Gasteiger partial charge in [-0.05, 0) is 42.7 Å². The molecule has 4 rings (SSSR count). The Labute approximate surface area is 159 Å². The number of hydrogen-bond acceptors (Lipinski definition) is 5. The Hall–Kier alpha value is -2.63. The average molecular weight is 365 g/mol. The van der Waals surface area contributed by atoms with E-state index in [0.717, 1.165) is 35.4 Å². The maximum Gasteiger partial charge on any atom is 0.231 e. The molecule has 2 aromatic rings. The van der Waals surface area contributed by atoms with Crippen molar-refractivity contribution in [3.63, 3.8) is 0 Å². The van der Waals surface area contributed by atoms with Gasteiger partial charge in [-0.3, -0.25) is 9.69 Å². The highest BCUT2D eigenvalue weighted by Crippen LogP contribution is 2.42. The molecule has 5 heteroatoms. The molecular formula is C22H23NO4. The number of Topliss-reactive ketones (excluding diaryl/α,β-unsaturated/α-hetero) is 1. The zero-order chi connectivity index (χ0) is 18.8. The molecule has 0 N–H and O–H groups in total. The molecule has 5 nitrogen and oxygen atoms in total. The van der Waals surface area contributed by atoms with Crippen molar-refractivity contribution in [2.24, 2.45) is 0 Å². The Balaban J connectivity index is 1.61. The lowest BCUT2D eigenvalue weighted by Crippen LogP contribution is -2.33. The van der Waals surface area contributed by atoms with Crippen molar-refractivity contribution in [3.05, 3.63) is 64.4 Å². The minimum absolute atomic E-state index is 0.0763. The van der Waals surface area contributed by atoms with Crippen molar-refractivity contribution in [1.82, 2.24) is 4.90 Å². The summed E-state index contributed by atoms with van der Waals surface area (Å²) in [4.78, 5) is 15.0. The predicted molar refractivity (Wildman–Crippen MR) is 103 cm³/mol. The maximum absolute atomic E-state index is 12.8. The topological polar surface area (TPSA) is 48.0 Å². The fourth-order valence-corrected chi connectivity index (χ4v) is 3.47. The van der Waals surface area contributed by atoms with E-state index < -0.39 is 0 Å². The number of aryl methyl sites for hydroxylation is 1. The Bertz CT molecular complexity index is 903. The normalized spacial score (nSPS) is 17.4. The van der Waals surface area contributed by atoms with Gasteiger partial charge in [0.2, 0.25) is 5.78 Å². The summed E-state index contributed by atoms with van der Waals surface area (Å²) < 4.78 is 17.0. The monoisotopic (exact) mass is 365 g/mol. The predicted octanol–water partition coefficient (Wildman–Crippen LogP) is 3.80. The van der Waals surface area contributed by atoms with Gasteiger partial charge in [0, 0.05) is 26.8 Å². The summed E-state index contributed by atoms with van der Waals surface area (Å²) in [6.45, 7) is 4.85. The molecule has 0 radical (unpaired) electrons. The quantitative estimate of drug-likeness (QED) is 0.596. The smallest absolute Gasteiger partial charge is 0.231 e. The zero-order valence-electron chi connectivity index (χ0n) is 15.7. The molecule has 0 atom stereocenters. The second kappa shape index (κ2) is 7.55. The lowest BCUT2D eigenvalue weighted by atomic mass is 10.0. The van der Waals surface area contributed by atoms with Gasteiger partial charge in [0.1, 0.15) is 18.2 Å². The Morgan fingerprint density at radius 1 is 1.22 bits per heavy atom. The summed E-state index contributed by atoms with van der Waals surface area (Å²) in [6.07, 6.45) is 2.76. The molecule has 0 saturated heterocycles. The van der Waals surface area contributed by atoms with Crippen LogP contribution < -0.4 is 9.47 Å². The van der Waals surface area contributed by atoms with Crippen LogP contribution in [0.5, 0.6) is 11.5 Å². The van der Waals surface area contributed by atoms with Crippen LogP contribution >= 0.6 is 0 Å². The van der Waals surface area contributed by atoms with Crippen LogP contribution in [0.15, 0.2) is 42.2 Å². The minimum atomic E-state index is -0.0763. The molecule has 2 aliphatic heterocycles. The molecule has 0 spiro atoms. The molecule has 27 heavy (non-hydrogen) atoms. The standard InChI is InChI=1S/C22H23NO4/c1-15-6-3-4-7-16(15)12-20-21(24)17-8-9-19-18(22(17)27-20)13-23(14-26-19)10-5-11-25-2/h3-4,6-9,12H,5,10-11,13-14H2,1-2H3/b20-12-. The van der Waals surface area contributed by atoms with Gasteiger partial charge in [-0.2, -0.15) is 0 Å². The zero-order valence-corrected chi connectivity index (χ0v) is 15.7. The van der Waals surface area contributed by atoms with Gasteiger partial charge in [0.05, 0.1) is 11.1 Å². The van der Waals surface area contributed by atoms with Gasteiger partial charge in [-0.15, -0.1) is 0 Å². The molecule has 0 amide bonds. The Kier molecular flexibility index (Phi) is 4.97. The number of fused-ring (bicyclic) bond motifs is 3. The highest BCUT2D eigenvalue weighted by molar-refractivity contribution is 6.15. The number of nitrogens with zero attached hydrogens (tertiary/aromatic N) is 1. The number of allylic oxidation sites excluding steroid dienone is 1. The number of rotatable bonds is 5. The first-order valence-electron chi connectivity index (χ1n) is 9.17. The number of carbonyl (C=O) groups is 1. The summed E-state index contributed by atoms with van der Waals surface area (Å²) >= 11 is 0. The van der Waals surface area contributed by atoms with Gasteiger partial charge in [0.25, 0.3) is 0 Å². The van der Waals surface area contributed by atoms with E-state index in [4.69, 9.17) is 14.2 Å². The van der Waals surface area contributed by atoms with E-state index in [9.17, 15) is 4.79 Å². The highest BCUT2D eigenvalue weighted by atomic mass is 16.5. The number of carbonyl (C=O) groups excluding carboxylic acids is 1. The molecule has 2 heterocycles. The lowest BCUT2D eigenvalue weighted by Gasteiger charge is -2.29. The van der Waals surface area contributed by atoms with Crippen LogP contribution in [0.1, 0.15) is 33.5 Å². The highest BCUT2D eigenvalue weighted by Gasteiger charge is 2.33. The van der Waals surface area contributed by atoms with Crippen molar-refractivity contribution in [3.8, 4) is 11.5 Å². The van der Waals surface area contributed by atoms with Crippen molar-refractivity contribution >= 4 is 11.9 Å². The third-order valence-electron chi connectivity index (χ3n) is 4.98. The fraction of sp³-hybridized carbons (Fsp3) is 0.318. The van der Waals surface area contributed by atoms with Crippen LogP contribution in [-0.4, -0.2) is 37.7 Å². The molecule has 0 saturated carbocycles. The van der Waals surface area contributed by atoms with E-state index in [0.29, 0.717) is 37.0 Å². The first-order valence-corrected chi connectivity index (χ1v) is 9.17. The van der Waals surface area contributed by atoms with Gasteiger partial charge in [-0.1, -0.05) is 24.3 Å². The van der Waals surface area contributed by atoms with Crippen LogP contribution in [0.25, 0.3) is 6.08 Å². The van der Waals surface area contributed by atoms with Crippen LogP contribution in [0.4, 0.5) is 0 Å². The molecule has 2 aromatic carbocycles. The van der Waals surface area contributed by atoms with Gasteiger partial charge in [-0.25, -0.2) is 0 Å². The number of ether oxygens (including phenoxy) is 3. The van der Waals surface area contributed by atoms with E-state index in [-0.39, 0.29) is 5.78 Å². The van der Waals surface area contributed by atoms with Gasteiger partial charge in [0.15, 0.2) is 5.76 Å². The van der Waals surface area contributed by atoms with Crippen LogP contribution in [-0.2, 0) is 11.3 Å². The van der Waals surface area contributed by atoms with E-state index >= 15 is 0 Å². The van der Waals surface area contributed by atoms with Crippen LogP contribution in [0.3, 0.4) is 0 Å². The summed E-state index contributed by atoms with van der Waals surface area (Å²) in [5.41, 5.74) is 3.64. The van der Waals surface area contributed by atoms with Crippen molar-refractivity contribution < 1.29 is 19.0 Å². The summed E-state index contributed by atoms with van der Waals surface area (Å²) in [5.74, 6) is 1.72.